The highest BCUT2D eigenvalue weighted by molar-refractivity contribution is 9.10. The van der Waals surface area contributed by atoms with Crippen molar-refractivity contribution in [2.45, 2.75) is 36.7 Å². The van der Waals surface area contributed by atoms with Crippen LogP contribution < -0.4 is 15.5 Å². The highest BCUT2D eigenvalue weighted by atomic mass is 79.9. The summed E-state index contributed by atoms with van der Waals surface area (Å²) in [4.78, 5) is 13.4. The standard InChI is InChI=1S/C21H22BrN5O2S/c1-4-13-7-5-6-8-16(13)23-20(28)19-18(14-9-10-17(29-3)15(22)11-14)26-27-12(2)24-25-21(27)30-19/h5-11,18-19,26H,4H2,1-3H3,(H,23,28)/t18-,19+/m1/s1. The number of rotatable bonds is 5. The van der Waals surface area contributed by atoms with Crippen LogP contribution in [0.5, 0.6) is 5.75 Å². The van der Waals surface area contributed by atoms with Gasteiger partial charge in [0, 0.05) is 5.69 Å². The molecule has 2 heterocycles. The summed E-state index contributed by atoms with van der Waals surface area (Å²) in [5.41, 5.74) is 6.31. The van der Waals surface area contributed by atoms with Crippen LogP contribution in [0.3, 0.4) is 0 Å². The molecule has 0 spiro atoms. The fraction of sp³-hybridized carbons (Fsp3) is 0.286. The number of carbonyl (C=O) groups excluding carboxylic acids is 1. The van der Waals surface area contributed by atoms with Gasteiger partial charge in [-0.2, -0.15) is 0 Å². The molecule has 2 N–H and O–H groups in total. The van der Waals surface area contributed by atoms with Crippen molar-refractivity contribution in [3.8, 4) is 5.75 Å². The number of methoxy groups -OCH3 is 1. The van der Waals surface area contributed by atoms with Gasteiger partial charge in [0.25, 0.3) is 0 Å². The van der Waals surface area contributed by atoms with E-state index in [-0.39, 0.29) is 11.9 Å². The lowest BCUT2D eigenvalue weighted by atomic mass is 10.0. The van der Waals surface area contributed by atoms with Gasteiger partial charge in [-0.3, -0.25) is 4.79 Å². The predicted molar refractivity (Wildman–Crippen MR) is 122 cm³/mol. The minimum Gasteiger partial charge on any atom is -0.496 e. The number of hydrogen-bond donors (Lipinski definition) is 2. The Balaban J connectivity index is 1.69. The van der Waals surface area contributed by atoms with Gasteiger partial charge >= 0.3 is 0 Å². The first-order chi connectivity index (χ1) is 14.5. The zero-order chi connectivity index (χ0) is 21.3. The number of nitrogens with zero attached hydrogens (tertiary/aromatic N) is 3. The first-order valence-electron chi connectivity index (χ1n) is 9.59. The lowest BCUT2D eigenvalue weighted by Gasteiger charge is -2.33. The Kier molecular flexibility index (Phi) is 6.01. The van der Waals surface area contributed by atoms with Gasteiger partial charge in [-0.15, -0.1) is 10.2 Å². The second-order valence-corrected chi connectivity index (χ2v) is 8.87. The van der Waals surface area contributed by atoms with Gasteiger partial charge < -0.3 is 15.5 Å². The fourth-order valence-corrected chi connectivity index (χ4v) is 5.12. The number of anilines is 1. The lowest BCUT2D eigenvalue weighted by molar-refractivity contribution is -0.116. The van der Waals surface area contributed by atoms with E-state index < -0.39 is 5.25 Å². The van der Waals surface area contributed by atoms with E-state index in [1.807, 2.05) is 54.1 Å². The number of carbonyl (C=O) groups is 1. The van der Waals surface area contributed by atoms with Crippen molar-refractivity contribution in [2.75, 3.05) is 17.9 Å². The summed E-state index contributed by atoms with van der Waals surface area (Å²) in [7, 11) is 1.63. The monoisotopic (exact) mass is 487 g/mol. The number of amides is 1. The molecule has 2 atom stereocenters. The molecule has 0 aliphatic carbocycles. The average Bonchev–Trinajstić information content (AvgIpc) is 3.13. The Hall–Kier alpha value is -2.52. The van der Waals surface area contributed by atoms with Crippen LogP contribution in [0.2, 0.25) is 0 Å². The smallest absolute Gasteiger partial charge is 0.240 e. The number of hydrogen-bond acceptors (Lipinski definition) is 6. The number of aryl methyl sites for hydroxylation is 2. The van der Waals surface area contributed by atoms with Crippen LogP contribution in [-0.2, 0) is 11.2 Å². The number of aromatic nitrogens is 3. The highest BCUT2D eigenvalue weighted by Gasteiger charge is 2.37. The van der Waals surface area contributed by atoms with Crippen LogP contribution in [-0.4, -0.2) is 33.1 Å². The van der Waals surface area contributed by atoms with Crippen molar-refractivity contribution in [2.24, 2.45) is 0 Å². The average molecular weight is 488 g/mol. The van der Waals surface area contributed by atoms with E-state index in [0.717, 1.165) is 39.3 Å². The Morgan fingerprint density at radius 1 is 1.30 bits per heavy atom. The molecular weight excluding hydrogens is 466 g/mol. The van der Waals surface area contributed by atoms with E-state index >= 15 is 0 Å². The summed E-state index contributed by atoms with van der Waals surface area (Å²) in [5.74, 6) is 1.39. The fourth-order valence-electron chi connectivity index (χ4n) is 3.44. The topological polar surface area (TPSA) is 81.1 Å². The number of ether oxygens (including phenoxy) is 1. The van der Waals surface area contributed by atoms with Gasteiger partial charge in [0.15, 0.2) is 0 Å². The van der Waals surface area contributed by atoms with Crippen LogP contribution in [0.15, 0.2) is 52.1 Å². The SMILES string of the molecule is CCc1ccccc1NC(=O)[C@H]1Sc2nnc(C)n2N[C@@H]1c1ccc(OC)c(Br)c1. The largest absolute Gasteiger partial charge is 0.496 e. The van der Waals surface area contributed by atoms with Crippen LogP contribution in [0.25, 0.3) is 0 Å². The van der Waals surface area contributed by atoms with E-state index in [4.69, 9.17) is 4.74 Å². The second-order valence-electron chi connectivity index (χ2n) is 6.90. The number of thioether (sulfide) groups is 1. The first kappa shape index (κ1) is 20.7. The first-order valence-corrected chi connectivity index (χ1v) is 11.3. The molecule has 30 heavy (non-hydrogen) atoms. The molecule has 2 aromatic carbocycles. The summed E-state index contributed by atoms with van der Waals surface area (Å²) in [6, 6.07) is 13.4. The van der Waals surface area contributed by atoms with Crippen molar-refractivity contribution < 1.29 is 9.53 Å². The number of para-hydroxylation sites is 1. The summed E-state index contributed by atoms with van der Waals surface area (Å²) >= 11 is 4.96. The van der Waals surface area contributed by atoms with Crippen LogP contribution in [0.1, 0.15) is 29.9 Å². The minimum atomic E-state index is -0.439. The van der Waals surface area contributed by atoms with Crippen molar-refractivity contribution in [3.05, 3.63) is 63.9 Å². The molecule has 0 saturated heterocycles. The molecule has 156 valence electrons. The van der Waals surface area contributed by atoms with Gasteiger partial charge in [-0.25, -0.2) is 4.68 Å². The third kappa shape index (κ3) is 3.91. The van der Waals surface area contributed by atoms with E-state index in [1.54, 1.807) is 7.11 Å². The molecule has 0 bridgehead atoms. The summed E-state index contributed by atoms with van der Waals surface area (Å²) in [6.45, 7) is 3.95. The van der Waals surface area contributed by atoms with E-state index in [9.17, 15) is 4.79 Å². The van der Waals surface area contributed by atoms with Crippen molar-refractivity contribution in [1.29, 1.82) is 0 Å². The molecule has 1 aromatic heterocycles. The molecule has 1 aliphatic heterocycles. The Labute approximate surface area is 187 Å². The van der Waals surface area contributed by atoms with Crippen molar-refractivity contribution >= 4 is 39.3 Å². The number of fused-ring (bicyclic) bond motifs is 1. The van der Waals surface area contributed by atoms with Crippen molar-refractivity contribution in [1.82, 2.24) is 14.9 Å². The van der Waals surface area contributed by atoms with Gasteiger partial charge in [0.1, 0.15) is 16.8 Å². The maximum atomic E-state index is 13.4. The van der Waals surface area contributed by atoms with Gasteiger partial charge in [0.05, 0.1) is 17.6 Å². The zero-order valence-electron chi connectivity index (χ0n) is 16.8. The summed E-state index contributed by atoms with van der Waals surface area (Å²) in [6.07, 6.45) is 0.842. The third-order valence-corrected chi connectivity index (χ3v) is 6.88. The second kappa shape index (κ2) is 8.69. The van der Waals surface area contributed by atoms with Gasteiger partial charge in [-0.05, 0) is 58.6 Å². The number of benzene rings is 2. The predicted octanol–water partition coefficient (Wildman–Crippen LogP) is 4.32. The molecule has 0 fully saturated rings. The summed E-state index contributed by atoms with van der Waals surface area (Å²) in [5, 5.41) is 11.7. The molecule has 9 heteroatoms. The molecule has 3 aromatic rings. The zero-order valence-corrected chi connectivity index (χ0v) is 19.3. The maximum Gasteiger partial charge on any atom is 0.240 e. The molecule has 0 radical (unpaired) electrons. The Bertz CT molecular complexity index is 1090. The highest BCUT2D eigenvalue weighted by Crippen LogP contribution is 2.39. The molecule has 0 unspecified atom stereocenters. The third-order valence-electron chi connectivity index (χ3n) is 5.05. The van der Waals surface area contributed by atoms with Gasteiger partial charge in [0.2, 0.25) is 11.1 Å². The molecule has 4 rings (SSSR count). The summed E-state index contributed by atoms with van der Waals surface area (Å²) < 4.78 is 8.01. The molecular formula is C21H22BrN5O2S. The number of halogens is 1. The van der Waals surface area contributed by atoms with E-state index in [1.165, 1.54) is 11.8 Å². The molecule has 7 nitrogen and oxygen atoms in total. The Morgan fingerprint density at radius 3 is 2.83 bits per heavy atom. The van der Waals surface area contributed by atoms with Crippen LogP contribution in [0, 0.1) is 6.92 Å². The molecule has 0 saturated carbocycles. The quantitative estimate of drug-likeness (QED) is 0.557. The number of nitrogens with one attached hydrogen (secondary N) is 2. The molecule has 1 aliphatic rings. The van der Waals surface area contributed by atoms with Crippen LogP contribution in [0.4, 0.5) is 5.69 Å². The van der Waals surface area contributed by atoms with E-state index in [0.29, 0.717) is 5.16 Å². The minimum absolute atomic E-state index is 0.0859. The van der Waals surface area contributed by atoms with E-state index in [2.05, 4.69) is 43.8 Å². The maximum absolute atomic E-state index is 13.4. The lowest BCUT2D eigenvalue weighted by Crippen LogP contribution is -2.41. The van der Waals surface area contributed by atoms with Gasteiger partial charge in [-0.1, -0.05) is 43.0 Å². The Morgan fingerprint density at radius 2 is 2.10 bits per heavy atom. The molecule has 1 amide bonds. The van der Waals surface area contributed by atoms with Crippen molar-refractivity contribution in [3.63, 3.8) is 0 Å². The van der Waals surface area contributed by atoms with Crippen LogP contribution >= 0.6 is 27.7 Å². The normalized spacial score (nSPS) is 17.7.